The van der Waals surface area contributed by atoms with Crippen LogP contribution in [0.5, 0.6) is 0 Å². The molecule has 5 heteroatoms. The molecule has 4 rings (SSSR count). The maximum Gasteiger partial charge on any atom is 0.251 e. The zero-order chi connectivity index (χ0) is 17.8. The number of aliphatic hydroxyl groups excluding tert-OH is 1. The van der Waals surface area contributed by atoms with Gasteiger partial charge in [-0.15, -0.1) is 0 Å². The molecule has 0 bridgehead atoms. The highest BCUT2D eigenvalue weighted by Gasteiger charge is 2.58. The summed E-state index contributed by atoms with van der Waals surface area (Å²) in [6.07, 6.45) is 1.18. The molecule has 2 unspecified atom stereocenters. The average Bonchev–Trinajstić information content (AvgIpc) is 3.11. The van der Waals surface area contributed by atoms with E-state index < -0.39 is 6.10 Å². The highest BCUT2D eigenvalue weighted by Crippen LogP contribution is 2.52. The van der Waals surface area contributed by atoms with Crippen molar-refractivity contribution in [3.05, 3.63) is 34.9 Å². The molecule has 3 aliphatic rings. The minimum atomic E-state index is -0.461. The van der Waals surface area contributed by atoms with Gasteiger partial charge in [0.1, 0.15) is 0 Å². The number of nitrogens with one attached hydrogen (secondary N) is 1. The highest BCUT2D eigenvalue weighted by atomic mass is 16.5. The van der Waals surface area contributed by atoms with Gasteiger partial charge in [0.15, 0.2) is 0 Å². The predicted octanol–water partition coefficient (Wildman–Crippen LogP) is 1.93. The molecule has 1 aromatic carbocycles. The van der Waals surface area contributed by atoms with E-state index in [4.69, 9.17) is 4.74 Å². The summed E-state index contributed by atoms with van der Waals surface area (Å²) in [4.78, 5) is 15.0. The number of hydrogen-bond acceptors (Lipinski definition) is 4. The molecule has 2 N–H and O–H groups in total. The first-order chi connectivity index (χ1) is 11.9. The average molecular weight is 344 g/mol. The van der Waals surface area contributed by atoms with Crippen LogP contribution in [0, 0.1) is 11.3 Å². The lowest BCUT2D eigenvalue weighted by Gasteiger charge is -2.57. The highest BCUT2D eigenvalue weighted by molar-refractivity contribution is 5.94. The third-order valence-corrected chi connectivity index (χ3v) is 6.30. The molecule has 1 saturated heterocycles. The van der Waals surface area contributed by atoms with Crippen LogP contribution in [0.3, 0.4) is 0 Å². The van der Waals surface area contributed by atoms with Crippen LogP contribution in [0.2, 0.25) is 0 Å². The van der Waals surface area contributed by atoms with Gasteiger partial charge in [-0.3, -0.25) is 4.79 Å². The Morgan fingerprint density at radius 1 is 1.32 bits per heavy atom. The number of ether oxygens (including phenoxy) is 1. The summed E-state index contributed by atoms with van der Waals surface area (Å²) < 4.78 is 5.42. The summed E-state index contributed by atoms with van der Waals surface area (Å²) >= 11 is 0. The van der Waals surface area contributed by atoms with Crippen LogP contribution >= 0.6 is 0 Å². The minimum Gasteiger partial charge on any atom is -0.391 e. The van der Waals surface area contributed by atoms with Crippen molar-refractivity contribution in [2.24, 2.45) is 11.3 Å². The number of fused-ring (bicyclic) bond motifs is 1. The van der Waals surface area contributed by atoms with E-state index in [2.05, 4.69) is 31.1 Å². The second-order valence-electron chi connectivity index (χ2n) is 8.50. The topological polar surface area (TPSA) is 61.8 Å². The second kappa shape index (κ2) is 6.08. The Bertz CT molecular complexity index is 685. The number of carbonyl (C=O) groups excluding carboxylic acids is 1. The fourth-order valence-electron chi connectivity index (χ4n) is 5.56. The summed E-state index contributed by atoms with van der Waals surface area (Å²) in [6, 6.07) is 6.07. The lowest BCUT2D eigenvalue weighted by molar-refractivity contribution is -0.0827. The van der Waals surface area contributed by atoms with Crippen LogP contribution in [0.15, 0.2) is 18.2 Å². The van der Waals surface area contributed by atoms with Gasteiger partial charge >= 0.3 is 0 Å². The van der Waals surface area contributed by atoms with Crippen LogP contribution in [0.4, 0.5) is 0 Å². The van der Waals surface area contributed by atoms with Gasteiger partial charge in [-0.2, -0.15) is 0 Å². The van der Waals surface area contributed by atoms with E-state index in [1.807, 2.05) is 18.2 Å². The van der Waals surface area contributed by atoms with Crippen molar-refractivity contribution in [3.63, 3.8) is 0 Å². The van der Waals surface area contributed by atoms with Gasteiger partial charge in [-0.1, -0.05) is 19.9 Å². The molecule has 25 heavy (non-hydrogen) atoms. The predicted molar refractivity (Wildman–Crippen MR) is 95.1 cm³/mol. The zero-order valence-corrected chi connectivity index (χ0v) is 15.3. The summed E-state index contributed by atoms with van der Waals surface area (Å²) in [5.41, 5.74) is 3.06. The van der Waals surface area contributed by atoms with Gasteiger partial charge in [0.2, 0.25) is 0 Å². The lowest BCUT2D eigenvalue weighted by Crippen LogP contribution is -2.64. The molecule has 0 aromatic heterocycles. The van der Waals surface area contributed by atoms with Crippen molar-refractivity contribution < 1.29 is 14.6 Å². The monoisotopic (exact) mass is 344 g/mol. The first-order valence-electron chi connectivity index (χ1n) is 9.28. The number of rotatable bonds is 3. The molecule has 1 aliphatic carbocycles. The van der Waals surface area contributed by atoms with Crippen LogP contribution in [0.1, 0.15) is 48.2 Å². The molecule has 1 saturated carbocycles. The van der Waals surface area contributed by atoms with Crippen molar-refractivity contribution >= 4 is 5.91 Å². The van der Waals surface area contributed by atoms with Gasteiger partial charge < -0.3 is 20.1 Å². The van der Waals surface area contributed by atoms with Crippen molar-refractivity contribution in [2.75, 3.05) is 13.6 Å². The maximum absolute atomic E-state index is 12.7. The summed E-state index contributed by atoms with van der Waals surface area (Å²) in [6.45, 7) is 6.70. The van der Waals surface area contributed by atoms with Crippen LogP contribution in [-0.2, 0) is 18.0 Å². The molecule has 2 heterocycles. The van der Waals surface area contributed by atoms with Crippen LogP contribution in [-0.4, -0.2) is 47.7 Å². The molecule has 1 spiro atoms. The Kier molecular flexibility index (Phi) is 4.13. The second-order valence-corrected chi connectivity index (χ2v) is 8.50. The SMILES string of the molecule is CC(C)C1N(C)CC12C[C@@H](O)[C@H](NC(=O)c1ccc3c(c1)COC3)C2. The summed E-state index contributed by atoms with van der Waals surface area (Å²) in [7, 11) is 2.15. The smallest absolute Gasteiger partial charge is 0.251 e. The van der Waals surface area contributed by atoms with Crippen molar-refractivity contribution in [2.45, 2.75) is 58.1 Å². The standard InChI is InChI=1S/C20H28N2O3/c1-12(2)18-20(11-22(18)3)7-16(17(23)8-20)21-19(24)13-4-5-14-9-25-10-15(14)6-13/h4-6,12,16-18,23H,7-11H2,1-3H3,(H,21,24)/t16-,17-,18?,20?/m1/s1. The number of benzene rings is 1. The van der Waals surface area contributed by atoms with Gasteiger partial charge in [0.25, 0.3) is 5.91 Å². The molecular weight excluding hydrogens is 316 g/mol. The van der Waals surface area contributed by atoms with E-state index in [0.717, 1.165) is 30.5 Å². The van der Waals surface area contributed by atoms with E-state index in [1.54, 1.807) is 0 Å². The minimum absolute atomic E-state index is 0.0930. The first kappa shape index (κ1) is 17.0. The molecule has 0 radical (unpaired) electrons. The summed E-state index contributed by atoms with van der Waals surface area (Å²) in [5.74, 6) is 0.460. The van der Waals surface area contributed by atoms with Crippen molar-refractivity contribution in [3.8, 4) is 0 Å². The van der Waals surface area contributed by atoms with E-state index in [1.165, 1.54) is 0 Å². The van der Waals surface area contributed by atoms with Crippen molar-refractivity contribution in [1.82, 2.24) is 10.2 Å². The quantitative estimate of drug-likeness (QED) is 0.880. The van der Waals surface area contributed by atoms with E-state index in [-0.39, 0.29) is 17.4 Å². The Morgan fingerprint density at radius 2 is 2.08 bits per heavy atom. The van der Waals surface area contributed by atoms with E-state index in [0.29, 0.717) is 30.7 Å². The Hall–Kier alpha value is -1.43. The van der Waals surface area contributed by atoms with Gasteiger partial charge in [-0.25, -0.2) is 0 Å². The molecule has 5 nitrogen and oxygen atoms in total. The van der Waals surface area contributed by atoms with Gasteiger partial charge in [0, 0.05) is 23.6 Å². The third-order valence-electron chi connectivity index (χ3n) is 6.30. The fraction of sp³-hybridized carbons (Fsp3) is 0.650. The third kappa shape index (κ3) is 2.78. The molecule has 4 atom stereocenters. The maximum atomic E-state index is 12.7. The molecule has 2 fully saturated rings. The number of carbonyl (C=O) groups is 1. The Morgan fingerprint density at radius 3 is 2.80 bits per heavy atom. The van der Waals surface area contributed by atoms with Crippen molar-refractivity contribution in [1.29, 1.82) is 0 Å². The zero-order valence-electron chi connectivity index (χ0n) is 15.3. The van der Waals surface area contributed by atoms with Crippen LogP contribution < -0.4 is 5.32 Å². The van der Waals surface area contributed by atoms with E-state index >= 15 is 0 Å². The molecular formula is C20H28N2O3. The van der Waals surface area contributed by atoms with Gasteiger partial charge in [0.05, 0.1) is 25.4 Å². The first-order valence-corrected chi connectivity index (χ1v) is 9.28. The molecule has 136 valence electrons. The number of amides is 1. The molecule has 1 aromatic rings. The Balaban J connectivity index is 1.45. The normalized spacial score (nSPS) is 34.4. The van der Waals surface area contributed by atoms with E-state index in [9.17, 15) is 9.90 Å². The van der Waals surface area contributed by atoms with Gasteiger partial charge in [-0.05, 0) is 49.1 Å². The largest absolute Gasteiger partial charge is 0.391 e. The molecule has 1 amide bonds. The Labute approximate surface area is 149 Å². The lowest BCUT2D eigenvalue weighted by atomic mass is 9.66. The number of hydrogen-bond donors (Lipinski definition) is 2. The fourth-order valence-corrected chi connectivity index (χ4v) is 5.56. The molecule has 2 aliphatic heterocycles. The number of aliphatic hydroxyl groups is 1. The summed E-state index contributed by atoms with van der Waals surface area (Å²) in [5, 5.41) is 13.7. The van der Waals surface area contributed by atoms with Crippen LogP contribution in [0.25, 0.3) is 0 Å². The number of likely N-dealkylation sites (tertiary alicyclic amines) is 1. The number of nitrogens with zero attached hydrogens (tertiary/aromatic N) is 1.